The molecule has 0 aliphatic carbocycles. The SMILES string of the molecule is CC(C)CCc1cnn(CCC(C)C)c1.CC(C)CCn1ccc(CNC(C)C)n1.CC(C)Cc1ccn(CC(C)C)n1.CC(C)Cc1cnn(CC(C)C)c1. The van der Waals surface area contributed by atoms with Crippen molar-refractivity contribution in [1.29, 1.82) is 0 Å². The van der Waals surface area contributed by atoms with E-state index < -0.39 is 0 Å². The molecule has 0 saturated carbocycles. The van der Waals surface area contributed by atoms with Gasteiger partial charge in [0.15, 0.2) is 0 Å². The van der Waals surface area contributed by atoms with Gasteiger partial charge < -0.3 is 5.32 Å². The Labute approximate surface area is 344 Å². The molecule has 0 aromatic carbocycles. The predicted octanol–water partition coefficient (Wildman–Crippen LogP) is 11.4. The average Bonchev–Trinajstić information content (AvgIpc) is 3.90. The molecule has 0 amide bonds. The summed E-state index contributed by atoms with van der Waals surface area (Å²) in [4.78, 5) is 0. The fourth-order valence-corrected chi connectivity index (χ4v) is 5.69. The molecule has 9 heteroatoms. The molecule has 0 aliphatic rings. The molecule has 0 bridgehead atoms. The summed E-state index contributed by atoms with van der Waals surface area (Å²) in [6, 6.07) is 4.74. The molecule has 9 nitrogen and oxygen atoms in total. The van der Waals surface area contributed by atoms with Gasteiger partial charge in [-0.3, -0.25) is 18.7 Å². The molecule has 320 valence electrons. The summed E-state index contributed by atoms with van der Waals surface area (Å²) in [5.74, 6) is 5.04. The minimum atomic E-state index is 0.519. The molecule has 0 spiro atoms. The van der Waals surface area contributed by atoms with Crippen LogP contribution in [0.3, 0.4) is 0 Å². The topological polar surface area (TPSA) is 83.3 Å². The molecular formula is C47H87N9. The highest BCUT2D eigenvalue weighted by molar-refractivity contribution is 5.05. The van der Waals surface area contributed by atoms with E-state index in [1.54, 1.807) is 0 Å². The van der Waals surface area contributed by atoms with Crippen LogP contribution in [-0.4, -0.2) is 45.2 Å². The van der Waals surface area contributed by atoms with Crippen LogP contribution in [0.15, 0.2) is 49.3 Å². The van der Waals surface area contributed by atoms with Gasteiger partial charge >= 0.3 is 0 Å². The molecule has 0 radical (unpaired) electrons. The van der Waals surface area contributed by atoms with Crippen molar-refractivity contribution < 1.29 is 0 Å². The zero-order valence-electron chi connectivity index (χ0n) is 39.1. The van der Waals surface area contributed by atoms with Crippen molar-refractivity contribution in [1.82, 2.24) is 44.4 Å². The maximum Gasteiger partial charge on any atom is 0.0762 e. The lowest BCUT2D eigenvalue weighted by Crippen LogP contribution is -2.22. The first-order chi connectivity index (χ1) is 26.3. The average molecular weight is 778 g/mol. The van der Waals surface area contributed by atoms with Crippen LogP contribution < -0.4 is 5.32 Å². The lowest BCUT2D eigenvalue weighted by molar-refractivity contribution is 0.476. The molecule has 0 fully saturated rings. The first-order valence-electron chi connectivity index (χ1n) is 22.1. The van der Waals surface area contributed by atoms with Gasteiger partial charge in [0.05, 0.1) is 23.8 Å². The molecular weight excluding hydrogens is 691 g/mol. The number of rotatable bonds is 20. The van der Waals surface area contributed by atoms with Gasteiger partial charge in [-0.1, -0.05) is 111 Å². The molecule has 0 atom stereocenters. The summed E-state index contributed by atoms with van der Waals surface area (Å²) in [5.41, 5.74) is 5.09. The van der Waals surface area contributed by atoms with Crippen molar-refractivity contribution in [3.05, 3.63) is 71.8 Å². The van der Waals surface area contributed by atoms with Crippen molar-refractivity contribution in [3.63, 3.8) is 0 Å². The number of aromatic nitrogens is 8. The zero-order chi connectivity index (χ0) is 42.2. The van der Waals surface area contributed by atoms with E-state index >= 15 is 0 Å². The Balaban J connectivity index is 0.000000374. The van der Waals surface area contributed by atoms with Gasteiger partial charge in [-0.2, -0.15) is 20.4 Å². The molecule has 4 rings (SSSR count). The molecule has 56 heavy (non-hydrogen) atoms. The minimum Gasteiger partial charge on any atom is -0.309 e. The van der Waals surface area contributed by atoms with Gasteiger partial charge in [0, 0.05) is 63.6 Å². The number of hydrogen-bond donors (Lipinski definition) is 1. The Morgan fingerprint density at radius 2 is 0.964 bits per heavy atom. The van der Waals surface area contributed by atoms with Gasteiger partial charge in [-0.05, 0) is 103 Å². The van der Waals surface area contributed by atoms with Crippen molar-refractivity contribution in [3.8, 4) is 0 Å². The highest BCUT2D eigenvalue weighted by Gasteiger charge is 2.05. The van der Waals surface area contributed by atoms with Crippen LogP contribution in [0.25, 0.3) is 0 Å². The summed E-state index contributed by atoms with van der Waals surface area (Å²) in [7, 11) is 0. The van der Waals surface area contributed by atoms with E-state index in [1.807, 2.05) is 26.4 Å². The molecule has 0 aliphatic heterocycles. The fraction of sp³-hybridized carbons (Fsp3) is 0.745. The monoisotopic (exact) mass is 778 g/mol. The van der Waals surface area contributed by atoms with Crippen molar-refractivity contribution in [2.45, 2.75) is 188 Å². The van der Waals surface area contributed by atoms with Gasteiger partial charge in [-0.25, -0.2) is 0 Å². The van der Waals surface area contributed by atoms with Crippen LogP contribution >= 0.6 is 0 Å². The highest BCUT2D eigenvalue weighted by Crippen LogP contribution is 2.11. The number of aryl methyl sites for hydroxylation is 3. The Morgan fingerprint density at radius 3 is 1.52 bits per heavy atom. The maximum absolute atomic E-state index is 4.51. The third-order valence-electron chi connectivity index (χ3n) is 8.70. The Hall–Kier alpha value is -3.20. The van der Waals surface area contributed by atoms with E-state index in [9.17, 15) is 0 Å². The second-order valence-corrected chi connectivity index (χ2v) is 19.1. The lowest BCUT2D eigenvalue weighted by atomic mass is 10.1. The molecule has 0 saturated heterocycles. The number of nitrogens with one attached hydrogen (secondary N) is 1. The first-order valence-corrected chi connectivity index (χ1v) is 22.1. The predicted molar refractivity (Wildman–Crippen MR) is 240 cm³/mol. The molecule has 4 heterocycles. The van der Waals surface area contributed by atoms with Crippen molar-refractivity contribution in [2.24, 2.45) is 41.4 Å². The van der Waals surface area contributed by atoms with Crippen molar-refractivity contribution >= 4 is 0 Å². The van der Waals surface area contributed by atoms with E-state index in [0.717, 1.165) is 74.9 Å². The van der Waals surface area contributed by atoms with E-state index in [-0.39, 0.29) is 0 Å². The van der Waals surface area contributed by atoms with Crippen LogP contribution in [0.4, 0.5) is 0 Å². The van der Waals surface area contributed by atoms with Crippen LogP contribution in [0.1, 0.15) is 153 Å². The largest absolute Gasteiger partial charge is 0.309 e. The second kappa shape index (κ2) is 28.2. The summed E-state index contributed by atoms with van der Waals surface area (Å²) >= 11 is 0. The van der Waals surface area contributed by atoms with Crippen LogP contribution in [0.2, 0.25) is 0 Å². The highest BCUT2D eigenvalue weighted by atomic mass is 15.3. The maximum atomic E-state index is 4.51. The fourth-order valence-electron chi connectivity index (χ4n) is 5.69. The standard InChI is InChI=1S/C13H24N2.C12H23N3.2C11H20N2/c1-11(2)5-6-13-9-14-15(10-13)8-7-12(3)4;1-10(2)5-7-15-8-6-12(14-15)9-13-11(3)4;1-9(2)5-11-6-12-13(8-11)7-10(3)4;1-9(2)7-11-5-6-13(12-11)8-10(3)4/h9-12H,5-8H2,1-4H3;6,8,10-11,13H,5,7,9H2,1-4H3;6,8-10H,5,7H2,1-4H3;5-6,9-10H,7-8H2,1-4H3. The number of hydrogen-bond acceptors (Lipinski definition) is 5. The van der Waals surface area contributed by atoms with Crippen LogP contribution in [-0.2, 0) is 52.0 Å². The van der Waals surface area contributed by atoms with Crippen LogP contribution in [0, 0.1) is 41.4 Å². The van der Waals surface area contributed by atoms with Gasteiger partial charge in [-0.15, -0.1) is 0 Å². The van der Waals surface area contributed by atoms with Crippen molar-refractivity contribution in [2.75, 3.05) is 0 Å². The molecule has 4 aromatic heterocycles. The molecule has 0 unspecified atom stereocenters. The first kappa shape index (κ1) is 50.8. The van der Waals surface area contributed by atoms with Gasteiger partial charge in [0.1, 0.15) is 0 Å². The quantitative estimate of drug-likeness (QED) is 0.0966. The van der Waals surface area contributed by atoms with E-state index in [4.69, 9.17) is 0 Å². The van der Waals surface area contributed by atoms with E-state index in [2.05, 4.69) is 178 Å². The van der Waals surface area contributed by atoms with E-state index in [1.165, 1.54) is 42.5 Å². The minimum absolute atomic E-state index is 0.519. The molecule has 1 N–H and O–H groups in total. The molecule has 4 aromatic rings. The smallest absolute Gasteiger partial charge is 0.0762 e. The lowest BCUT2D eigenvalue weighted by Gasteiger charge is -2.06. The summed E-state index contributed by atoms with van der Waals surface area (Å²) in [6.07, 6.45) is 19.6. The Bertz CT molecular complexity index is 1280. The van der Waals surface area contributed by atoms with Crippen LogP contribution in [0.5, 0.6) is 0 Å². The third-order valence-corrected chi connectivity index (χ3v) is 8.70. The summed E-state index contributed by atoms with van der Waals surface area (Å²) < 4.78 is 8.21. The summed E-state index contributed by atoms with van der Waals surface area (Å²) in [5, 5.41) is 21.1. The zero-order valence-corrected chi connectivity index (χ0v) is 39.1. The number of nitrogens with zero attached hydrogens (tertiary/aromatic N) is 8. The Morgan fingerprint density at radius 1 is 0.482 bits per heavy atom. The Kier molecular flexibility index (Phi) is 25.6. The van der Waals surface area contributed by atoms with E-state index in [0.29, 0.717) is 23.8 Å². The third kappa shape index (κ3) is 26.6. The van der Waals surface area contributed by atoms with Gasteiger partial charge in [0.2, 0.25) is 0 Å². The summed E-state index contributed by atoms with van der Waals surface area (Å²) in [6.45, 7) is 40.6. The second-order valence-electron chi connectivity index (χ2n) is 19.1. The normalized spacial score (nSPS) is 11.6. The van der Waals surface area contributed by atoms with Gasteiger partial charge in [0.25, 0.3) is 0 Å².